The maximum atomic E-state index is 12.9. The van der Waals surface area contributed by atoms with Crippen molar-refractivity contribution < 1.29 is 18.0 Å². The van der Waals surface area contributed by atoms with Crippen molar-refractivity contribution in [3.63, 3.8) is 0 Å². The molecule has 8 heteroatoms. The van der Waals surface area contributed by atoms with Crippen molar-refractivity contribution in [1.82, 2.24) is 4.90 Å². The number of anilines is 1. The summed E-state index contributed by atoms with van der Waals surface area (Å²) in [5.74, 6) is -0.218. The summed E-state index contributed by atoms with van der Waals surface area (Å²) in [6, 6.07) is 3.40. The van der Waals surface area contributed by atoms with Gasteiger partial charge in [0.1, 0.15) is 0 Å². The summed E-state index contributed by atoms with van der Waals surface area (Å²) < 4.78 is 26.2. The Morgan fingerprint density at radius 1 is 1.22 bits per heavy atom. The Morgan fingerprint density at radius 2 is 1.89 bits per heavy atom. The summed E-state index contributed by atoms with van der Waals surface area (Å²) in [6.45, 7) is 5.48. The highest BCUT2D eigenvalue weighted by atomic mass is 79.9. The van der Waals surface area contributed by atoms with E-state index in [4.69, 9.17) is 0 Å². The molecule has 27 heavy (non-hydrogen) atoms. The van der Waals surface area contributed by atoms with Gasteiger partial charge in [0.25, 0.3) is 0 Å². The van der Waals surface area contributed by atoms with E-state index in [1.54, 1.807) is 21.9 Å². The molecular formula is C19H25BrN2O4S. The Labute approximate surface area is 168 Å². The van der Waals surface area contributed by atoms with Gasteiger partial charge in [-0.1, -0.05) is 0 Å². The van der Waals surface area contributed by atoms with Crippen molar-refractivity contribution >= 4 is 43.3 Å². The Kier molecular flexibility index (Phi) is 5.96. The molecule has 0 unspecified atom stereocenters. The topological polar surface area (TPSA) is 74.8 Å². The molecular weight excluding hydrogens is 432 g/mol. The molecule has 0 N–H and O–H groups in total. The number of benzene rings is 1. The maximum Gasteiger partial charge on any atom is 0.230 e. The van der Waals surface area contributed by atoms with Gasteiger partial charge in [-0.05, 0) is 66.7 Å². The first kappa shape index (κ1) is 20.3. The van der Waals surface area contributed by atoms with Crippen molar-refractivity contribution in [3.8, 4) is 0 Å². The van der Waals surface area contributed by atoms with E-state index < -0.39 is 9.84 Å². The molecule has 1 aliphatic carbocycles. The number of sulfone groups is 1. The van der Waals surface area contributed by atoms with E-state index >= 15 is 0 Å². The summed E-state index contributed by atoms with van der Waals surface area (Å²) in [7, 11) is -3.64. The lowest BCUT2D eigenvalue weighted by atomic mass is 10.2. The van der Waals surface area contributed by atoms with Crippen LogP contribution < -0.4 is 4.90 Å². The quantitative estimate of drug-likeness (QED) is 0.631. The van der Waals surface area contributed by atoms with Crippen LogP contribution in [0.5, 0.6) is 0 Å². The van der Waals surface area contributed by atoms with Crippen LogP contribution in [0.4, 0.5) is 5.69 Å². The van der Waals surface area contributed by atoms with Crippen molar-refractivity contribution in [2.45, 2.75) is 44.4 Å². The van der Waals surface area contributed by atoms with Crippen LogP contribution >= 0.6 is 15.9 Å². The summed E-state index contributed by atoms with van der Waals surface area (Å²) in [4.78, 5) is 28.2. The number of rotatable bonds is 7. The molecule has 1 aliphatic heterocycles. The predicted octanol–water partition coefficient (Wildman–Crippen LogP) is 2.78. The summed E-state index contributed by atoms with van der Waals surface area (Å²) in [5.41, 5.74) is 1.68. The molecule has 1 heterocycles. The first-order chi connectivity index (χ1) is 12.8. The minimum Gasteiger partial charge on any atom is -0.343 e. The van der Waals surface area contributed by atoms with Crippen LogP contribution in [-0.4, -0.2) is 50.5 Å². The van der Waals surface area contributed by atoms with Crippen LogP contribution in [0.25, 0.3) is 0 Å². The van der Waals surface area contributed by atoms with Gasteiger partial charge in [0.15, 0.2) is 9.84 Å². The zero-order valence-electron chi connectivity index (χ0n) is 15.7. The normalized spacial score (nSPS) is 16.3. The number of carbonyl (C=O) groups excluding carboxylic acids is 2. The molecule has 148 valence electrons. The molecule has 0 atom stereocenters. The molecule has 0 bridgehead atoms. The van der Waals surface area contributed by atoms with E-state index in [-0.39, 0.29) is 34.8 Å². The van der Waals surface area contributed by atoms with E-state index in [2.05, 4.69) is 15.9 Å². The zero-order chi connectivity index (χ0) is 19.8. The number of fused-ring (bicyclic) bond motifs is 1. The van der Waals surface area contributed by atoms with Crippen LogP contribution in [-0.2, 0) is 25.8 Å². The monoisotopic (exact) mass is 456 g/mol. The van der Waals surface area contributed by atoms with Crippen LogP contribution in [0.2, 0.25) is 0 Å². The van der Waals surface area contributed by atoms with Crippen molar-refractivity contribution in [2.24, 2.45) is 5.92 Å². The second kappa shape index (κ2) is 7.91. The molecule has 0 saturated heterocycles. The van der Waals surface area contributed by atoms with E-state index in [1.807, 2.05) is 13.8 Å². The van der Waals surface area contributed by atoms with E-state index in [0.717, 1.165) is 24.8 Å². The molecule has 6 nitrogen and oxygen atoms in total. The summed E-state index contributed by atoms with van der Waals surface area (Å²) in [6.07, 6.45) is 2.52. The van der Waals surface area contributed by atoms with Crippen LogP contribution in [0.15, 0.2) is 21.5 Å². The number of hydrogen-bond donors (Lipinski definition) is 0. The maximum absolute atomic E-state index is 12.9. The second-order valence-corrected chi connectivity index (χ2v) is 9.99. The molecule has 2 amide bonds. The molecule has 1 fully saturated rings. The number of nitrogens with zero attached hydrogens (tertiary/aromatic N) is 2. The molecule has 1 aromatic rings. The van der Waals surface area contributed by atoms with Gasteiger partial charge >= 0.3 is 0 Å². The van der Waals surface area contributed by atoms with Gasteiger partial charge < -0.3 is 9.80 Å². The molecule has 0 radical (unpaired) electrons. The third-order valence-corrected chi connectivity index (χ3v) is 7.93. The highest BCUT2D eigenvalue weighted by molar-refractivity contribution is 9.10. The fourth-order valence-corrected chi connectivity index (χ4v) is 5.91. The fourth-order valence-electron chi connectivity index (χ4n) is 3.47. The highest BCUT2D eigenvalue weighted by Gasteiger charge is 2.37. The molecule has 3 rings (SSSR count). The second-order valence-electron chi connectivity index (χ2n) is 7.06. The van der Waals surface area contributed by atoms with Gasteiger partial charge in [0.05, 0.1) is 10.6 Å². The highest BCUT2D eigenvalue weighted by Crippen LogP contribution is 2.39. The first-order valence-corrected chi connectivity index (χ1v) is 11.9. The average Bonchev–Trinajstić information content (AvgIpc) is 3.40. The van der Waals surface area contributed by atoms with Crippen LogP contribution in [0.1, 0.15) is 38.7 Å². The average molecular weight is 457 g/mol. The lowest BCUT2D eigenvalue weighted by Gasteiger charge is -2.20. The largest absolute Gasteiger partial charge is 0.343 e. The Balaban J connectivity index is 1.82. The van der Waals surface area contributed by atoms with Gasteiger partial charge in [-0.3, -0.25) is 9.59 Å². The van der Waals surface area contributed by atoms with Gasteiger partial charge in [0, 0.05) is 42.1 Å². The number of hydrogen-bond acceptors (Lipinski definition) is 4. The third-order valence-electron chi connectivity index (χ3n) is 5.26. The number of halogens is 1. The smallest absolute Gasteiger partial charge is 0.230 e. The molecule has 0 spiro atoms. The van der Waals surface area contributed by atoms with E-state index in [0.29, 0.717) is 29.8 Å². The van der Waals surface area contributed by atoms with Crippen molar-refractivity contribution in [1.29, 1.82) is 0 Å². The standard InChI is InChI=1S/C19H25BrN2O4S/c1-3-21(4-2)18(23)8-10-27(25,26)17-12-16-14(11-15(17)20)7-9-22(16)19(24)13-5-6-13/h11-13H,3-10H2,1-2H3. The number of amides is 2. The summed E-state index contributed by atoms with van der Waals surface area (Å²) >= 11 is 3.37. The summed E-state index contributed by atoms with van der Waals surface area (Å²) in [5, 5.41) is 0. The lowest BCUT2D eigenvalue weighted by Crippen LogP contribution is -2.32. The first-order valence-electron chi connectivity index (χ1n) is 9.42. The molecule has 1 aromatic carbocycles. The molecule has 1 saturated carbocycles. The van der Waals surface area contributed by atoms with Gasteiger partial charge in [-0.2, -0.15) is 0 Å². The minimum absolute atomic E-state index is 0.0434. The van der Waals surface area contributed by atoms with Crippen molar-refractivity contribution in [3.05, 3.63) is 22.2 Å². The third kappa shape index (κ3) is 4.21. The van der Waals surface area contributed by atoms with Crippen LogP contribution in [0.3, 0.4) is 0 Å². The van der Waals surface area contributed by atoms with Gasteiger partial charge in [-0.25, -0.2) is 8.42 Å². The van der Waals surface area contributed by atoms with Crippen LogP contribution in [0, 0.1) is 5.92 Å². The van der Waals surface area contributed by atoms with E-state index in [1.165, 1.54) is 0 Å². The molecule has 2 aliphatic rings. The van der Waals surface area contributed by atoms with Gasteiger partial charge in [0.2, 0.25) is 11.8 Å². The Morgan fingerprint density at radius 3 is 2.48 bits per heavy atom. The Bertz CT molecular complexity index is 861. The minimum atomic E-state index is -3.64. The van der Waals surface area contributed by atoms with Gasteiger partial charge in [-0.15, -0.1) is 0 Å². The number of carbonyl (C=O) groups is 2. The predicted molar refractivity (Wildman–Crippen MR) is 108 cm³/mol. The van der Waals surface area contributed by atoms with Crippen molar-refractivity contribution in [2.75, 3.05) is 30.3 Å². The Hall–Kier alpha value is -1.41. The van der Waals surface area contributed by atoms with E-state index in [9.17, 15) is 18.0 Å². The fraction of sp³-hybridized carbons (Fsp3) is 0.579. The molecule has 0 aromatic heterocycles. The lowest BCUT2D eigenvalue weighted by molar-refractivity contribution is -0.130. The zero-order valence-corrected chi connectivity index (χ0v) is 18.1. The SMILES string of the molecule is CCN(CC)C(=O)CCS(=O)(=O)c1cc2c(cc1Br)CCN2C(=O)C1CC1.